The van der Waals surface area contributed by atoms with Crippen LogP contribution in [0.4, 0.5) is 0 Å². The van der Waals surface area contributed by atoms with Gasteiger partial charge >= 0.3 is 0 Å². The molecule has 0 spiro atoms. The van der Waals surface area contributed by atoms with Crippen LogP contribution in [0.3, 0.4) is 0 Å². The molecule has 0 radical (unpaired) electrons. The Bertz CT molecular complexity index is 407. The fourth-order valence-corrected chi connectivity index (χ4v) is 1.78. The maximum Gasteiger partial charge on any atom is 0.124 e. The molecule has 4 heteroatoms. The van der Waals surface area contributed by atoms with Gasteiger partial charge in [-0.05, 0) is 36.6 Å². The van der Waals surface area contributed by atoms with E-state index in [1.54, 1.807) is 13.0 Å². The van der Waals surface area contributed by atoms with E-state index < -0.39 is 10.1 Å². The van der Waals surface area contributed by atoms with E-state index in [1.807, 2.05) is 6.92 Å². The first-order valence-corrected chi connectivity index (χ1v) is 5.41. The van der Waals surface area contributed by atoms with Gasteiger partial charge in [0.05, 0.1) is 4.90 Å². The van der Waals surface area contributed by atoms with E-state index in [2.05, 4.69) is 0 Å². The first-order valence-electron chi connectivity index (χ1n) is 4.00. The number of aryl methyl sites for hydroxylation is 2. The summed E-state index contributed by atoms with van der Waals surface area (Å²) in [5.41, 5.74) is 1.91. The highest BCUT2D eigenvalue weighted by Gasteiger charge is 2.03. The zero-order valence-electron chi connectivity index (χ0n) is 7.57. The van der Waals surface area contributed by atoms with E-state index in [0.29, 0.717) is 0 Å². The van der Waals surface area contributed by atoms with Gasteiger partial charge in [-0.25, -0.2) is 8.42 Å². The molecule has 1 aromatic rings. The molecule has 0 aromatic heterocycles. The third-order valence-corrected chi connectivity index (χ3v) is 2.81. The zero-order chi connectivity index (χ0) is 10.1. The van der Waals surface area contributed by atoms with E-state index in [1.165, 1.54) is 12.1 Å². The average Bonchev–Trinajstić information content (AvgIpc) is 2.02. The number of hydrogen-bond acceptors (Lipinski definition) is 3. The molecule has 0 N–H and O–H groups in total. The Morgan fingerprint density at radius 1 is 1.38 bits per heavy atom. The minimum absolute atomic E-state index is 0.151. The normalized spacial score (nSPS) is 11.6. The number of hydrogen-bond donors (Lipinski definition) is 0. The molecule has 0 atom stereocenters. The zero-order valence-corrected chi connectivity index (χ0v) is 8.39. The minimum atomic E-state index is -4.30. The van der Waals surface area contributed by atoms with Gasteiger partial charge in [-0.1, -0.05) is 13.0 Å². The summed E-state index contributed by atoms with van der Waals surface area (Å²) in [6, 6.07) is 4.45. The Balaban J connectivity index is 3.26. The molecule has 0 saturated carbocycles. The summed E-state index contributed by atoms with van der Waals surface area (Å²) in [5, 5.41) is 0. The van der Waals surface area contributed by atoms with Crippen molar-refractivity contribution in [2.24, 2.45) is 0 Å². The maximum atomic E-state index is 10.6. The van der Waals surface area contributed by atoms with Crippen LogP contribution in [0.25, 0.3) is 0 Å². The Kier molecular flexibility index (Phi) is 2.73. The molecule has 72 valence electrons. The molecule has 0 saturated heterocycles. The molecule has 0 aliphatic carbocycles. The first-order chi connectivity index (χ1) is 5.95. The Morgan fingerprint density at radius 2 is 2.00 bits per heavy atom. The van der Waals surface area contributed by atoms with Crippen molar-refractivity contribution < 1.29 is 13.0 Å². The van der Waals surface area contributed by atoms with Gasteiger partial charge < -0.3 is 4.55 Å². The van der Waals surface area contributed by atoms with Gasteiger partial charge in [0.1, 0.15) is 10.1 Å². The monoisotopic (exact) mass is 199 g/mol. The molecule has 1 aromatic carbocycles. The van der Waals surface area contributed by atoms with Crippen LogP contribution < -0.4 is 0 Å². The lowest BCUT2D eigenvalue weighted by molar-refractivity contribution is 0.463. The second-order valence-electron chi connectivity index (χ2n) is 2.90. The maximum absolute atomic E-state index is 10.6. The van der Waals surface area contributed by atoms with Crippen molar-refractivity contribution in [2.75, 3.05) is 0 Å². The summed E-state index contributed by atoms with van der Waals surface area (Å²) in [6.07, 6.45) is 0.838. The summed E-state index contributed by atoms with van der Waals surface area (Å²) in [6.45, 7) is 3.78. The van der Waals surface area contributed by atoms with Crippen LogP contribution in [-0.4, -0.2) is 13.0 Å². The largest absolute Gasteiger partial charge is 0.744 e. The Morgan fingerprint density at radius 3 is 2.38 bits per heavy atom. The third-order valence-electron chi connectivity index (χ3n) is 1.98. The van der Waals surface area contributed by atoms with Gasteiger partial charge in [0.2, 0.25) is 0 Å². The third kappa shape index (κ3) is 2.29. The molecule has 3 nitrogen and oxygen atoms in total. The lowest BCUT2D eigenvalue weighted by Crippen LogP contribution is -1.99. The van der Waals surface area contributed by atoms with Crippen molar-refractivity contribution in [1.82, 2.24) is 0 Å². The highest BCUT2D eigenvalue weighted by molar-refractivity contribution is 7.85. The van der Waals surface area contributed by atoms with E-state index in [-0.39, 0.29) is 4.90 Å². The van der Waals surface area contributed by atoms with E-state index in [0.717, 1.165) is 17.5 Å². The molecular formula is C9H11O3S-. The van der Waals surface area contributed by atoms with Gasteiger partial charge in [0.15, 0.2) is 0 Å². The highest BCUT2D eigenvalue weighted by Crippen LogP contribution is 2.15. The molecule has 0 aliphatic heterocycles. The number of benzene rings is 1. The minimum Gasteiger partial charge on any atom is -0.744 e. The van der Waals surface area contributed by atoms with Crippen LogP contribution in [0.2, 0.25) is 0 Å². The smallest absolute Gasteiger partial charge is 0.124 e. The lowest BCUT2D eigenvalue weighted by atomic mass is 10.1. The molecule has 0 unspecified atom stereocenters. The SMILES string of the molecule is CCc1ccc(S(=O)(=O)[O-])cc1C. The van der Waals surface area contributed by atoms with Gasteiger partial charge in [0, 0.05) is 0 Å². The predicted octanol–water partition coefficient (Wildman–Crippen LogP) is 1.46. The van der Waals surface area contributed by atoms with Gasteiger partial charge in [0.25, 0.3) is 0 Å². The highest BCUT2D eigenvalue weighted by atomic mass is 32.2. The standard InChI is InChI=1S/C9H12O3S/c1-3-8-4-5-9(6-7(8)2)13(10,11)12/h4-6H,3H2,1-2H3,(H,10,11,12)/p-1. The van der Waals surface area contributed by atoms with Crippen LogP contribution in [-0.2, 0) is 16.5 Å². The van der Waals surface area contributed by atoms with Crippen LogP contribution in [0.5, 0.6) is 0 Å². The van der Waals surface area contributed by atoms with Crippen molar-refractivity contribution in [2.45, 2.75) is 25.2 Å². The molecule has 0 fully saturated rings. The summed E-state index contributed by atoms with van der Waals surface area (Å²) >= 11 is 0. The lowest BCUT2D eigenvalue weighted by Gasteiger charge is -2.09. The summed E-state index contributed by atoms with van der Waals surface area (Å²) in [4.78, 5) is -0.151. The molecule has 13 heavy (non-hydrogen) atoms. The van der Waals surface area contributed by atoms with Crippen LogP contribution in [0.1, 0.15) is 18.1 Å². The van der Waals surface area contributed by atoms with Crippen molar-refractivity contribution >= 4 is 10.1 Å². The van der Waals surface area contributed by atoms with Crippen molar-refractivity contribution in [3.63, 3.8) is 0 Å². The molecule has 0 bridgehead atoms. The molecule has 0 amide bonds. The van der Waals surface area contributed by atoms with Crippen molar-refractivity contribution in [1.29, 1.82) is 0 Å². The second-order valence-corrected chi connectivity index (χ2v) is 4.28. The Hall–Kier alpha value is -0.870. The van der Waals surface area contributed by atoms with E-state index in [9.17, 15) is 13.0 Å². The molecule has 1 rings (SSSR count). The number of rotatable bonds is 2. The van der Waals surface area contributed by atoms with Crippen LogP contribution >= 0.6 is 0 Å². The first kappa shape index (κ1) is 10.2. The van der Waals surface area contributed by atoms with E-state index >= 15 is 0 Å². The quantitative estimate of drug-likeness (QED) is 0.677. The van der Waals surface area contributed by atoms with Gasteiger partial charge in [-0.3, -0.25) is 0 Å². The summed E-state index contributed by atoms with van der Waals surface area (Å²) < 4.78 is 31.9. The average molecular weight is 199 g/mol. The summed E-state index contributed by atoms with van der Waals surface area (Å²) in [7, 11) is -4.30. The molecule has 0 heterocycles. The summed E-state index contributed by atoms with van der Waals surface area (Å²) in [5.74, 6) is 0. The van der Waals surface area contributed by atoms with Crippen LogP contribution in [0.15, 0.2) is 23.1 Å². The predicted molar refractivity (Wildman–Crippen MR) is 48.5 cm³/mol. The van der Waals surface area contributed by atoms with Crippen molar-refractivity contribution in [3.8, 4) is 0 Å². The van der Waals surface area contributed by atoms with Gasteiger partial charge in [-0.2, -0.15) is 0 Å². The van der Waals surface area contributed by atoms with Crippen molar-refractivity contribution in [3.05, 3.63) is 29.3 Å². The topological polar surface area (TPSA) is 57.2 Å². The second kappa shape index (κ2) is 3.47. The molecular weight excluding hydrogens is 188 g/mol. The molecule has 0 aliphatic rings. The van der Waals surface area contributed by atoms with E-state index in [4.69, 9.17) is 0 Å². The Labute approximate surface area is 78.2 Å². The fraction of sp³-hybridized carbons (Fsp3) is 0.333. The van der Waals surface area contributed by atoms with Gasteiger partial charge in [-0.15, -0.1) is 0 Å². The van der Waals surface area contributed by atoms with Crippen LogP contribution in [0, 0.1) is 6.92 Å². The fourth-order valence-electron chi connectivity index (χ4n) is 1.22.